The van der Waals surface area contributed by atoms with Crippen LogP contribution in [0.15, 0.2) is 36.9 Å². The molecule has 2 aromatic rings. The highest BCUT2D eigenvalue weighted by Crippen LogP contribution is 2.34. The molecule has 0 bridgehead atoms. The molecule has 1 fully saturated rings. The first-order chi connectivity index (χ1) is 10.6. The first kappa shape index (κ1) is 14.8. The van der Waals surface area contributed by atoms with Crippen molar-refractivity contribution < 1.29 is 4.79 Å². The molecular weight excluding hydrogens is 274 g/mol. The molecule has 2 atom stereocenters. The van der Waals surface area contributed by atoms with Crippen LogP contribution in [-0.4, -0.2) is 26.9 Å². The molecule has 116 valence electrons. The summed E-state index contributed by atoms with van der Waals surface area (Å²) in [5, 5.41) is 0. The first-order valence-corrected chi connectivity index (χ1v) is 7.93. The van der Waals surface area contributed by atoms with Crippen LogP contribution in [-0.2, 0) is 4.79 Å². The predicted molar refractivity (Wildman–Crippen MR) is 86.5 cm³/mol. The molecular formula is C18H23N3O. The Balaban J connectivity index is 1.83. The average Bonchev–Trinajstić information content (AvgIpc) is 3.19. The quantitative estimate of drug-likeness (QED) is 0.870. The molecule has 1 amide bonds. The van der Waals surface area contributed by atoms with Gasteiger partial charge in [0.2, 0.25) is 5.91 Å². The number of nitrogens with zero attached hydrogens (tertiary/aromatic N) is 3. The van der Waals surface area contributed by atoms with E-state index in [0.717, 1.165) is 19.4 Å². The Morgan fingerprint density at radius 1 is 1.32 bits per heavy atom. The van der Waals surface area contributed by atoms with Gasteiger partial charge in [0.1, 0.15) is 6.04 Å². The Morgan fingerprint density at radius 3 is 2.82 bits per heavy atom. The van der Waals surface area contributed by atoms with E-state index in [1.807, 2.05) is 22.6 Å². The topological polar surface area (TPSA) is 38.1 Å². The van der Waals surface area contributed by atoms with Crippen LogP contribution in [0.25, 0.3) is 0 Å². The maximum atomic E-state index is 12.9. The number of carbonyl (C=O) groups excluding carboxylic acids is 1. The van der Waals surface area contributed by atoms with Crippen molar-refractivity contribution in [3.63, 3.8) is 0 Å². The zero-order valence-electron chi connectivity index (χ0n) is 13.5. The van der Waals surface area contributed by atoms with Gasteiger partial charge in [0.05, 0.1) is 12.4 Å². The number of amides is 1. The van der Waals surface area contributed by atoms with Gasteiger partial charge >= 0.3 is 0 Å². The van der Waals surface area contributed by atoms with E-state index in [2.05, 4.69) is 37.0 Å². The molecule has 1 aliphatic heterocycles. The van der Waals surface area contributed by atoms with Gasteiger partial charge in [-0.1, -0.05) is 18.2 Å². The Morgan fingerprint density at radius 2 is 2.14 bits per heavy atom. The third-order valence-electron chi connectivity index (χ3n) is 4.78. The average molecular weight is 297 g/mol. The summed E-state index contributed by atoms with van der Waals surface area (Å²) in [5.41, 5.74) is 3.85. The number of likely N-dealkylation sites (tertiary alicyclic amines) is 1. The van der Waals surface area contributed by atoms with Gasteiger partial charge in [-0.05, 0) is 50.3 Å². The normalized spacial score (nSPS) is 19.4. The molecule has 1 aromatic heterocycles. The van der Waals surface area contributed by atoms with Crippen molar-refractivity contribution in [1.29, 1.82) is 0 Å². The van der Waals surface area contributed by atoms with Gasteiger partial charge in [-0.3, -0.25) is 4.79 Å². The van der Waals surface area contributed by atoms with E-state index in [1.54, 1.807) is 12.5 Å². The van der Waals surface area contributed by atoms with E-state index in [0.29, 0.717) is 0 Å². The summed E-state index contributed by atoms with van der Waals surface area (Å²) < 4.78 is 1.87. The summed E-state index contributed by atoms with van der Waals surface area (Å²) in [6.45, 7) is 7.04. The summed E-state index contributed by atoms with van der Waals surface area (Å²) in [6.07, 6.45) is 7.40. The van der Waals surface area contributed by atoms with Gasteiger partial charge in [0.25, 0.3) is 0 Å². The lowest BCUT2D eigenvalue weighted by atomic mass is 9.99. The molecule has 1 aromatic carbocycles. The van der Waals surface area contributed by atoms with Gasteiger partial charge in [-0.15, -0.1) is 0 Å². The number of aryl methyl sites for hydroxylation is 2. The summed E-state index contributed by atoms with van der Waals surface area (Å²) in [7, 11) is 0. The van der Waals surface area contributed by atoms with Crippen LogP contribution in [0.5, 0.6) is 0 Å². The highest BCUT2D eigenvalue weighted by atomic mass is 16.2. The molecule has 0 saturated carbocycles. The third kappa shape index (κ3) is 2.65. The maximum absolute atomic E-state index is 12.9. The second-order valence-electron chi connectivity index (χ2n) is 6.22. The monoisotopic (exact) mass is 297 g/mol. The van der Waals surface area contributed by atoms with Crippen LogP contribution in [0.4, 0.5) is 0 Å². The lowest BCUT2D eigenvalue weighted by Gasteiger charge is -2.28. The third-order valence-corrected chi connectivity index (χ3v) is 4.78. The maximum Gasteiger partial charge on any atom is 0.245 e. The summed E-state index contributed by atoms with van der Waals surface area (Å²) >= 11 is 0. The molecule has 2 heterocycles. The van der Waals surface area contributed by atoms with E-state index >= 15 is 0 Å². The molecule has 4 heteroatoms. The minimum Gasteiger partial charge on any atom is -0.334 e. The number of carbonyl (C=O) groups is 1. The Bertz CT molecular complexity index is 663. The van der Waals surface area contributed by atoms with E-state index in [4.69, 9.17) is 0 Å². The van der Waals surface area contributed by atoms with E-state index in [1.165, 1.54) is 16.7 Å². The first-order valence-electron chi connectivity index (χ1n) is 7.93. The zero-order valence-corrected chi connectivity index (χ0v) is 13.5. The number of aromatic nitrogens is 2. The molecule has 0 N–H and O–H groups in total. The lowest BCUT2D eigenvalue weighted by Crippen LogP contribution is -2.35. The van der Waals surface area contributed by atoms with Crippen LogP contribution in [0, 0.1) is 13.8 Å². The van der Waals surface area contributed by atoms with Crippen molar-refractivity contribution in [2.45, 2.75) is 45.7 Å². The second-order valence-corrected chi connectivity index (χ2v) is 6.22. The number of imidazole rings is 1. The molecule has 22 heavy (non-hydrogen) atoms. The fourth-order valence-corrected chi connectivity index (χ4v) is 3.21. The second kappa shape index (κ2) is 5.95. The highest BCUT2D eigenvalue weighted by Gasteiger charge is 2.32. The van der Waals surface area contributed by atoms with Crippen LogP contribution in [0.2, 0.25) is 0 Å². The van der Waals surface area contributed by atoms with Gasteiger partial charge in [-0.2, -0.15) is 0 Å². The molecule has 3 rings (SSSR count). The van der Waals surface area contributed by atoms with Crippen LogP contribution in [0.3, 0.4) is 0 Å². The fourth-order valence-electron chi connectivity index (χ4n) is 3.21. The molecule has 4 nitrogen and oxygen atoms in total. The van der Waals surface area contributed by atoms with E-state index in [-0.39, 0.29) is 18.0 Å². The van der Waals surface area contributed by atoms with Crippen molar-refractivity contribution in [1.82, 2.24) is 14.5 Å². The number of hydrogen-bond donors (Lipinski definition) is 0. The van der Waals surface area contributed by atoms with Crippen molar-refractivity contribution in [2.24, 2.45) is 0 Å². The summed E-state index contributed by atoms with van der Waals surface area (Å²) in [5.74, 6) is 0.179. The van der Waals surface area contributed by atoms with E-state index < -0.39 is 0 Å². The minimum absolute atomic E-state index is 0.179. The van der Waals surface area contributed by atoms with Gasteiger partial charge in [0, 0.05) is 18.9 Å². The van der Waals surface area contributed by atoms with Crippen LogP contribution in [0.1, 0.15) is 48.5 Å². The van der Waals surface area contributed by atoms with Crippen molar-refractivity contribution in [2.75, 3.05) is 6.54 Å². The highest BCUT2D eigenvalue weighted by molar-refractivity contribution is 5.80. The molecule has 0 spiro atoms. The number of benzene rings is 1. The molecule has 1 aliphatic rings. The number of hydrogen-bond acceptors (Lipinski definition) is 2. The Labute approximate surface area is 131 Å². The van der Waals surface area contributed by atoms with Crippen LogP contribution < -0.4 is 0 Å². The van der Waals surface area contributed by atoms with Crippen LogP contribution >= 0.6 is 0 Å². The van der Waals surface area contributed by atoms with Gasteiger partial charge < -0.3 is 9.47 Å². The fraction of sp³-hybridized carbons (Fsp3) is 0.444. The standard InChI is InChI=1S/C18H23N3O/c1-13-6-7-16(11-14(13)2)17-5-4-9-21(17)18(22)15(3)20-10-8-19-12-20/h6-8,10-12,15,17H,4-5,9H2,1-3H3/t15-,17+/m1/s1. The Hall–Kier alpha value is -2.10. The van der Waals surface area contributed by atoms with Crippen molar-refractivity contribution in [3.8, 4) is 0 Å². The lowest BCUT2D eigenvalue weighted by molar-refractivity contribution is -0.135. The molecule has 0 unspecified atom stereocenters. The van der Waals surface area contributed by atoms with E-state index in [9.17, 15) is 4.79 Å². The minimum atomic E-state index is -0.199. The number of rotatable bonds is 3. The molecule has 0 radical (unpaired) electrons. The van der Waals surface area contributed by atoms with Crippen molar-refractivity contribution in [3.05, 3.63) is 53.6 Å². The summed E-state index contributed by atoms with van der Waals surface area (Å²) in [6, 6.07) is 6.56. The smallest absolute Gasteiger partial charge is 0.245 e. The molecule has 0 aliphatic carbocycles. The largest absolute Gasteiger partial charge is 0.334 e. The molecule has 1 saturated heterocycles. The van der Waals surface area contributed by atoms with Gasteiger partial charge in [-0.25, -0.2) is 4.98 Å². The van der Waals surface area contributed by atoms with Gasteiger partial charge in [0.15, 0.2) is 0 Å². The SMILES string of the molecule is Cc1ccc([C@@H]2CCCN2C(=O)[C@@H](C)n2ccnc2)cc1C. The summed E-state index contributed by atoms with van der Waals surface area (Å²) in [4.78, 5) is 18.9. The Kier molecular flexibility index (Phi) is 4.01. The zero-order chi connectivity index (χ0) is 15.7. The van der Waals surface area contributed by atoms with Crippen molar-refractivity contribution >= 4 is 5.91 Å². The predicted octanol–water partition coefficient (Wildman–Crippen LogP) is 3.42.